The highest BCUT2D eigenvalue weighted by Gasteiger charge is 2.34. The average Bonchev–Trinajstić information content (AvgIpc) is 2.50. The summed E-state index contributed by atoms with van der Waals surface area (Å²) in [7, 11) is 0. The minimum atomic E-state index is 0.0217. The third kappa shape index (κ3) is 6.58. The summed E-state index contributed by atoms with van der Waals surface area (Å²) >= 11 is 0. The lowest BCUT2D eigenvalue weighted by Crippen LogP contribution is -2.44. The Labute approximate surface area is 126 Å². The van der Waals surface area contributed by atoms with Gasteiger partial charge in [-0.25, -0.2) is 0 Å². The van der Waals surface area contributed by atoms with E-state index in [1.165, 1.54) is 77.0 Å². The van der Waals surface area contributed by atoms with Gasteiger partial charge in [0.05, 0.1) is 5.60 Å². The average molecular weight is 284 g/mol. The maximum atomic E-state index is 6.22. The predicted molar refractivity (Wildman–Crippen MR) is 88.0 cm³/mol. The van der Waals surface area contributed by atoms with Crippen molar-refractivity contribution in [2.24, 2.45) is 11.7 Å². The Bertz CT molecular complexity index is 221. The van der Waals surface area contributed by atoms with Gasteiger partial charge in [-0.05, 0) is 38.0 Å². The van der Waals surface area contributed by atoms with Crippen LogP contribution in [0.15, 0.2) is 0 Å². The third-order valence-corrected chi connectivity index (χ3v) is 5.12. The first-order valence-corrected chi connectivity index (χ1v) is 9.10. The van der Waals surface area contributed by atoms with E-state index in [2.05, 4.69) is 13.8 Å². The van der Waals surface area contributed by atoms with Crippen molar-refractivity contribution in [1.29, 1.82) is 0 Å². The summed E-state index contributed by atoms with van der Waals surface area (Å²) in [6.07, 6.45) is 15.7. The van der Waals surface area contributed by atoms with Crippen molar-refractivity contribution in [3.8, 4) is 0 Å². The number of unbranched alkanes of at least 4 members (excludes halogenated alkanes) is 6. The number of ether oxygens (including phenoxy) is 1. The predicted octanol–water partition coefficient (Wildman–Crippen LogP) is 5.05. The lowest BCUT2D eigenvalue weighted by Gasteiger charge is -2.39. The van der Waals surface area contributed by atoms with Crippen molar-refractivity contribution in [3.63, 3.8) is 0 Å². The fourth-order valence-corrected chi connectivity index (χ4v) is 3.37. The molecule has 1 rings (SSSR count). The van der Waals surface area contributed by atoms with E-state index in [1.807, 2.05) is 0 Å². The van der Waals surface area contributed by atoms with E-state index in [4.69, 9.17) is 10.5 Å². The number of hydrogen-bond donors (Lipinski definition) is 1. The molecule has 0 spiro atoms. The van der Waals surface area contributed by atoms with Crippen molar-refractivity contribution >= 4 is 0 Å². The standard InChI is InChI=1S/C18H37NO/c1-3-5-6-7-8-9-10-15-20-18(16-19)13-11-17(4-2)12-14-18/h17H,3-16,19H2,1-2H3. The van der Waals surface area contributed by atoms with Crippen LogP contribution >= 0.6 is 0 Å². The molecule has 0 unspecified atom stereocenters. The smallest absolute Gasteiger partial charge is 0.0804 e. The Hall–Kier alpha value is -0.0800. The van der Waals surface area contributed by atoms with Gasteiger partial charge in [0.2, 0.25) is 0 Å². The Balaban J connectivity index is 2.07. The van der Waals surface area contributed by atoms with E-state index < -0.39 is 0 Å². The first-order chi connectivity index (χ1) is 9.76. The number of hydrogen-bond acceptors (Lipinski definition) is 2. The van der Waals surface area contributed by atoms with Gasteiger partial charge < -0.3 is 10.5 Å². The summed E-state index contributed by atoms with van der Waals surface area (Å²) in [4.78, 5) is 0. The van der Waals surface area contributed by atoms with Crippen LogP contribution in [0.2, 0.25) is 0 Å². The van der Waals surface area contributed by atoms with Crippen LogP contribution in [0, 0.1) is 5.92 Å². The van der Waals surface area contributed by atoms with Gasteiger partial charge >= 0.3 is 0 Å². The fourth-order valence-electron chi connectivity index (χ4n) is 3.37. The molecule has 1 aliphatic rings. The highest BCUT2D eigenvalue weighted by atomic mass is 16.5. The van der Waals surface area contributed by atoms with Gasteiger partial charge in [0.25, 0.3) is 0 Å². The van der Waals surface area contributed by atoms with Gasteiger partial charge in [-0.3, -0.25) is 0 Å². The second-order valence-electron chi connectivity index (χ2n) is 6.71. The molecule has 1 fully saturated rings. The van der Waals surface area contributed by atoms with Gasteiger partial charge in [0.1, 0.15) is 0 Å². The highest BCUT2D eigenvalue weighted by molar-refractivity contribution is 4.88. The van der Waals surface area contributed by atoms with Crippen molar-refractivity contribution < 1.29 is 4.74 Å². The zero-order chi connectivity index (χ0) is 14.7. The lowest BCUT2D eigenvalue weighted by molar-refractivity contribution is -0.0726. The molecule has 0 amide bonds. The van der Waals surface area contributed by atoms with E-state index in [0.717, 1.165) is 12.5 Å². The largest absolute Gasteiger partial charge is 0.374 e. The first-order valence-electron chi connectivity index (χ1n) is 9.10. The number of rotatable bonds is 11. The van der Waals surface area contributed by atoms with Gasteiger partial charge in [-0.2, -0.15) is 0 Å². The molecule has 20 heavy (non-hydrogen) atoms. The summed E-state index contributed by atoms with van der Waals surface area (Å²) in [6.45, 7) is 6.20. The molecule has 0 aromatic carbocycles. The van der Waals surface area contributed by atoms with Crippen LogP contribution in [0.5, 0.6) is 0 Å². The minimum absolute atomic E-state index is 0.0217. The third-order valence-electron chi connectivity index (χ3n) is 5.12. The maximum Gasteiger partial charge on any atom is 0.0804 e. The van der Waals surface area contributed by atoms with Crippen LogP contribution in [0.3, 0.4) is 0 Å². The number of nitrogens with two attached hydrogens (primary N) is 1. The zero-order valence-electron chi connectivity index (χ0n) is 14.0. The molecule has 0 aromatic heterocycles. The van der Waals surface area contributed by atoms with E-state index in [-0.39, 0.29) is 5.60 Å². The van der Waals surface area contributed by atoms with Crippen molar-refractivity contribution in [3.05, 3.63) is 0 Å². The summed E-state index contributed by atoms with van der Waals surface area (Å²) in [5.41, 5.74) is 6.02. The quantitative estimate of drug-likeness (QED) is 0.538. The molecule has 0 heterocycles. The van der Waals surface area contributed by atoms with Crippen molar-refractivity contribution in [2.75, 3.05) is 13.2 Å². The highest BCUT2D eigenvalue weighted by Crippen LogP contribution is 2.35. The Morgan fingerprint density at radius 2 is 1.55 bits per heavy atom. The second kappa shape index (κ2) is 10.6. The van der Waals surface area contributed by atoms with Crippen LogP contribution in [0.1, 0.15) is 90.9 Å². The van der Waals surface area contributed by atoms with E-state index in [9.17, 15) is 0 Å². The lowest BCUT2D eigenvalue weighted by atomic mass is 9.77. The summed E-state index contributed by atoms with van der Waals surface area (Å²) < 4.78 is 6.22. The van der Waals surface area contributed by atoms with E-state index in [1.54, 1.807) is 0 Å². The van der Waals surface area contributed by atoms with Crippen molar-refractivity contribution in [2.45, 2.75) is 96.5 Å². The monoisotopic (exact) mass is 283 g/mol. The van der Waals surface area contributed by atoms with Crippen LogP contribution in [0.4, 0.5) is 0 Å². The first kappa shape index (κ1) is 18.0. The summed E-state index contributed by atoms with van der Waals surface area (Å²) in [5, 5.41) is 0. The summed E-state index contributed by atoms with van der Waals surface area (Å²) in [6, 6.07) is 0. The topological polar surface area (TPSA) is 35.2 Å². The fraction of sp³-hybridized carbons (Fsp3) is 1.00. The molecule has 120 valence electrons. The zero-order valence-corrected chi connectivity index (χ0v) is 14.0. The van der Waals surface area contributed by atoms with E-state index in [0.29, 0.717) is 6.54 Å². The van der Waals surface area contributed by atoms with E-state index >= 15 is 0 Å². The van der Waals surface area contributed by atoms with Crippen LogP contribution in [-0.4, -0.2) is 18.8 Å². The molecule has 0 saturated heterocycles. The van der Waals surface area contributed by atoms with Crippen LogP contribution in [-0.2, 0) is 4.74 Å². The SMILES string of the molecule is CCCCCCCCCOC1(CN)CCC(CC)CC1. The van der Waals surface area contributed by atoms with Crippen LogP contribution in [0.25, 0.3) is 0 Å². The molecule has 1 saturated carbocycles. The molecule has 2 N–H and O–H groups in total. The van der Waals surface area contributed by atoms with Gasteiger partial charge in [-0.1, -0.05) is 58.8 Å². The second-order valence-corrected chi connectivity index (χ2v) is 6.71. The molecule has 2 nitrogen and oxygen atoms in total. The Kier molecular flexibility index (Phi) is 9.54. The van der Waals surface area contributed by atoms with Gasteiger partial charge in [-0.15, -0.1) is 0 Å². The molecule has 2 heteroatoms. The molecular weight excluding hydrogens is 246 g/mol. The Morgan fingerprint density at radius 1 is 0.950 bits per heavy atom. The molecule has 0 aliphatic heterocycles. The molecule has 1 aliphatic carbocycles. The minimum Gasteiger partial charge on any atom is -0.374 e. The van der Waals surface area contributed by atoms with Crippen molar-refractivity contribution in [1.82, 2.24) is 0 Å². The normalized spacial score (nSPS) is 26.9. The maximum absolute atomic E-state index is 6.22. The molecule has 0 radical (unpaired) electrons. The van der Waals surface area contributed by atoms with Crippen LogP contribution < -0.4 is 5.73 Å². The Morgan fingerprint density at radius 3 is 2.10 bits per heavy atom. The molecule has 0 atom stereocenters. The van der Waals surface area contributed by atoms with Gasteiger partial charge in [0.15, 0.2) is 0 Å². The molecule has 0 aromatic rings. The summed E-state index contributed by atoms with van der Waals surface area (Å²) in [5.74, 6) is 0.914. The molecular formula is C18H37NO. The van der Waals surface area contributed by atoms with Gasteiger partial charge in [0, 0.05) is 13.2 Å². The molecule has 0 bridgehead atoms.